The van der Waals surface area contributed by atoms with Crippen molar-refractivity contribution in [1.29, 1.82) is 0 Å². The minimum absolute atomic E-state index is 0.0128. The molecule has 7 heteroatoms. The van der Waals surface area contributed by atoms with Gasteiger partial charge in [-0.05, 0) is 49.1 Å². The Morgan fingerprint density at radius 3 is 2.21 bits per heavy atom. The largest absolute Gasteiger partial charge is 0.352 e. The molecule has 1 aromatic carbocycles. The summed E-state index contributed by atoms with van der Waals surface area (Å²) in [6, 6.07) is 9.85. The Labute approximate surface area is 200 Å². The van der Waals surface area contributed by atoms with Crippen LogP contribution in [-0.4, -0.2) is 36.7 Å². The van der Waals surface area contributed by atoms with E-state index >= 15 is 0 Å². The molecule has 2 N–H and O–H groups in total. The zero-order chi connectivity index (χ0) is 23.8. The van der Waals surface area contributed by atoms with Crippen molar-refractivity contribution in [2.75, 3.05) is 19.4 Å². The maximum absolute atomic E-state index is 13.0. The maximum Gasteiger partial charge on any atom is 0.265 e. The minimum atomic E-state index is -0.136. The van der Waals surface area contributed by atoms with Crippen molar-refractivity contribution >= 4 is 34.7 Å². The number of amides is 3. The standard InChI is InChI=1S/C26H33N3O3S/c1-18-17-33-25(26(32)29(2)3)24(18)28-23(31)15-21-13-9-5-8-12-20(21)14-22(30)27-16-19-10-6-4-7-11-19/h4,6-7,10-11,17H,5,8-9,12-16H2,1-3H3,(H,27,30)(H,28,31). The number of hydrogen-bond acceptors (Lipinski definition) is 4. The van der Waals surface area contributed by atoms with Gasteiger partial charge in [0.05, 0.1) is 5.69 Å². The van der Waals surface area contributed by atoms with E-state index in [1.807, 2.05) is 42.6 Å². The fraction of sp³-hybridized carbons (Fsp3) is 0.423. The van der Waals surface area contributed by atoms with E-state index < -0.39 is 0 Å². The van der Waals surface area contributed by atoms with Gasteiger partial charge in [-0.1, -0.05) is 47.9 Å². The molecule has 0 atom stereocenters. The molecule has 1 aliphatic rings. The number of anilines is 1. The first-order chi connectivity index (χ1) is 15.8. The third-order valence-corrected chi connectivity index (χ3v) is 6.96. The van der Waals surface area contributed by atoms with Gasteiger partial charge in [0.25, 0.3) is 5.91 Å². The summed E-state index contributed by atoms with van der Waals surface area (Å²) in [6.45, 7) is 2.40. The summed E-state index contributed by atoms with van der Waals surface area (Å²) in [7, 11) is 3.41. The van der Waals surface area contributed by atoms with Crippen LogP contribution in [0.15, 0.2) is 46.9 Å². The molecule has 1 aliphatic carbocycles. The lowest BCUT2D eigenvalue weighted by Gasteiger charge is -2.15. The second-order valence-electron chi connectivity index (χ2n) is 8.75. The van der Waals surface area contributed by atoms with Crippen LogP contribution in [0.2, 0.25) is 0 Å². The second-order valence-corrected chi connectivity index (χ2v) is 9.63. The zero-order valence-electron chi connectivity index (χ0n) is 19.7. The molecule has 0 saturated carbocycles. The predicted molar refractivity (Wildman–Crippen MR) is 133 cm³/mol. The molecule has 1 heterocycles. The summed E-state index contributed by atoms with van der Waals surface area (Å²) in [5.41, 5.74) is 4.69. The summed E-state index contributed by atoms with van der Waals surface area (Å²) in [5.74, 6) is -0.266. The van der Waals surface area contributed by atoms with Crippen molar-refractivity contribution in [3.05, 3.63) is 62.9 Å². The van der Waals surface area contributed by atoms with Crippen LogP contribution in [0, 0.1) is 6.92 Å². The van der Waals surface area contributed by atoms with Crippen LogP contribution in [-0.2, 0) is 16.1 Å². The van der Waals surface area contributed by atoms with Crippen LogP contribution in [0.3, 0.4) is 0 Å². The van der Waals surface area contributed by atoms with E-state index in [-0.39, 0.29) is 24.1 Å². The third kappa shape index (κ3) is 7.02. The molecule has 3 rings (SSSR count). The molecule has 0 fully saturated rings. The Kier molecular flexibility index (Phi) is 8.83. The van der Waals surface area contributed by atoms with E-state index in [9.17, 15) is 14.4 Å². The topological polar surface area (TPSA) is 78.5 Å². The van der Waals surface area contributed by atoms with Gasteiger partial charge < -0.3 is 15.5 Å². The summed E-state index contributed by atoms with van der Waals surface area (Å²) in [6.07, 6.45) is 5.44. The Hall–Kier alpha value is -2.93. The van der Waals surface area contributed by atoms with Crippen LogP contribution in [0.5, 0.6) is 0 Å². The number of thiophene rings is 1. The van der Waals surface area contributed by atoms with E-state index in [1.54, 1.807) is 14.1 Å². The molecule has 0 saturated heterocycles. The highest BCUT2D eigenvalue weighted by Gasteiger charge is 2.21. The SMILES string of the molecule is Cc1csc(C(=O)N(C)C)c1NC(=O)CC1=C(CC(=O)NCc2ccccc2)CCCCC1. The third-order valence-electron chi connectivity index (χ3n) is 5.88. The highest BCUT2D eigenvalue weighted by Crippen LogP contribution is 2.31. The smallest absolute Gasteiger partial charge is 0.265 e. The number of benzene rings is 1. The quantitative estimate of drug-likeness (QED) is 0.533. The normalized spacial score (nSPS) is 13.9. The van der Waals surface area contributed by atoms with Gasteiger partial charge in [-0.25, -0.2) is 0 Å². The van der Waals surface area contributed by atoms with Crippen molar-refractivity contribution in [2.45, 2.75) is 58.4 Å². The predicted octanol–water partition coefficient (Wildman–Crippen LogP) is 5.05. The average Bonchev–Trinajstić information content (AvgIpc) is 3.01. The van der Waals surface area contributed by atoms with Gasteiger partial charge in [0.1, 0.15) is 4.88 Å². The lowest BCUT2D eigenvalue weighted by Crippen LogP contribution is -2.24. The van der Waals surface area contributed by atoms with Crippen LogP contribution < -0.4 is 10.6 Å². The highest BCUT2D eigenvalue weighted by molar-refractivity contribution is 7.13. The number of hydrogen-bond donors (Lipinski definition) is 2. The first kappa shape index (κ1) is 24.7. The van der Waals surface area contributed by atoms with Gasteiger partial charge in [0.2, 0.25) is 11.8 Å². The van der Waals surface area contributed by atoms with Crippen LogP contribution >= 0.6 is 11.3 Å². The number of rotatable bonds is 8. The van der Waals surface area contributed by atoms with Gasteiger partial charge in [-0.2, -0.15) is 0 Å². The van der Waals surface area contributed by atoms with Gasteiger partial charge in [0.15, 0.2) is 0 Å². The van der Waals surface area contributed by atoms with Gasteiger partial charge in [0, 0.05) is 33.5 Å². The summed E-state index contributed by atoms with van der Waals surface area (Å²) in [4.78, 5) is 40.1. The van der Waals surface area contributed by atoms with Crippen LogP contribution in [0.25, 0.3) is 0 Å². The number of carbonyl (C=O) groups is 3. The van der Waals surface area contributed by atoms with Gasteiger partial charge >= 0.3 is 0 Å². The number of aryl methyl sites for hydroxylation is 1. The lowest BCUT2D eigenvalue weighted by atomic mass is 9.97. The molecule has 176 valence electrons. The Morgan fingerprint density at radius 2 is 1.58 bits per heavy atom. The first-order valence-electron chi connectivity index (χ1n) is 11.4. The average molecular weight is 468 g/mol. The molecule has 1 aromatic heterocycles. The summed E-state index contributed by atoms with van der Waals surface area (Å²) < 4.78 is 0. The van der Waals surface area contributed by atoms with E-state index in [1.165, 1.54) is 16.2 Å². The van der Waals surface area contributed by atoms with Crippen molar-refractivity contribution in [3.63, 3.8) is 0 Å². The van der Waals surface area contributed by atoms with E-state index in [0.717, 1.165) is 54.4 Å². The van der Waals surface area contributed by atoms with Crippen molar-refractivity contribution in [3.8, 4) is 0 Å². The molecule has 33 heavy (non-hydrogen) atoms. The highest BCUT2D eigenvalue weighted by atomic mass is 32.1. The molecule has 0 aliphatic heterocycles. The molecule has 0 radical (unpaired) electrons. The Morgan fingerprint density at radius 1 is 0.939 bits per heavy atom. The fourth-order valence-electron chi connectivity index (χ4n) is 4.02. The molecule has 6 nitrogen and oxygen atoms in total. The van der Waals surface area contributed by atoms with Crippen molar-refractivity contribution in [2.24, 2.45) is 0 Å². The molecule has 0 spiro atoms. The van der Waals surface area contributed by atoms with E-state index in [0.29, 0.717) is 23.5 Å². The van der Waals surface area contributed by atoms with Gasteiger partial charge in [-0.15, -0.1) is 11.3 Å². The molecular formula is C26H33N3O3S. The van der Waals surface area contributed by atoms with Crippen molar-refractivity contribution in [1.82, 2.24) is 10.2 Å². The molecular weight excluding hydrogens is 434 g/mol. The maximum atomic E-state index is 13.0. The Bertz CT molecular complexity index is 1020. The molecule has 3 amide bonds. The minimum Gasteiger partial charge on any atom is -0.352 e. The first-order valence-corrected chi connectivity index (χ1v) is 12.3. The number of nitrogens with zero attached hydrogens (tertiary/aromatic N) is 1. The Balaban J connectivity index is 1.67. The molecule has 0 bridgehead atoms. The van der Waals surface area contributed by atoms with E-state index in [2.05, 4.69) is 10.6 Å². The van der Waals surface area contributed by atoms with E-state index in [4.69, 9.17) is 0 Å². The number of carbonyl (C=O) groups excluding carboxylic acids is 3. The molecule has 2 aromatic rings. The fourth-order valence-corrected chi connectivity index (χ4v) is 5.05. The summed E-state index contributed by atoms with van der Waals surface area (Å²) >= 11 is 1.35. The molecule has 0 unspecified atom stereocenters. The number of nitrogens with one attached hydrogen (secondary N) is 2. The monoisotopic (exact) mass is 467 g/mol. The second kappa shape index (κ2) is 11.8. The lowest BCUT2D eigenvalue weighted by molar-refractivity contribution is -0.120. The van der Waals surface area contributed by atoms with Crippen molar-refractivity contribution < 1.29 is 14.4 Å². The zero-order valence-corrected chi connectivity index (χ0v) is 20.5. The summed E-state index contributed by atoms with van der Waals surface area (Å²) in [5, 5.41) is 7.86. The van der Waals surface area contributed by atoms with Gasteiger partial charge in [-0.3, -0.25) is 14.4 Å². The van der Waals surface area contributed by atoms with Crippen LogP contribution in [0.1, 0.15) is 65.7 Å². The van der Waals surface area contributed by atoms with Crippen LogP contribution in [0.4, 0.5) is 5.69 Å².